The molecule has 0 aliphatic carbocycles. The lowest BCUT2D eigenvalue weighted by Gasteiger charge is -2.06. The van der Waals surface area contributed by atoms with Gasteiger partial charge in [0.2, 0.25) is 5.91 Å². The molecular formula is C11H17ClN2O2. The zero-order chi connectivity index (χ0) is 11.1. The van der Waals surface area contributed by atoms with Gasteiger partial charge in [-0.2, -0.15) is 0 Å². The van der Waals surface area contributed by atoms with Crippen LogP contribution in [0.1, 0.15) is 13.3 Å². The third kappa shape index (κ3) is 5.00. The van der Waals surface area contributed by atoms with E-state index in [0.717, 1.165) is 17.9 Å². The second-order valence-corrected chi connectivity index (χ2v) is 3.13. The van der Waals surface area contributed by atoms with Crippen molar-refractivity contribution in [3.8, 4) is 5.75 Å². The van der Waals surface area contributed by atoms with Crippen molar-refractivity contribution in [2.75, 3.05) is 18.5 Å². The maximum atomic E-state index is 11.0. The third-order valence-corrected chi connectivity index (χ3v) is 1.80. The van der Waals surface area contributed by atoms with E-state index in [1.807, 2.05) is 12.1 Å². The lowest BCUT2D eigenvalue weighted by Crippen LogP contribution is -2.21. The van der Waals surface area contributed by atoms with Crippen LogP contribution in [0.5, 0.6) is 5.75 Å². The summed E-state index contributed by atoms with van der Waals surface area (Å²) < 4.78 is 5.40. The minimum absolute atomic E-state index is 0. The van der Waals surface area contributed by atoms with E-state index in [1.54, 1.807) is 12.1 Å². The van der Waals surface area contributed by atoms with Gasteiger partial charge in [-0.3, -0.25) is 4.79 Å². The smallest absolute Gasteiger partial charge is 0.238 e. The first kappa shape index (κ1) is 14.7. The van der Waals surface area contributed by atoms with E-state index >= 15 is 0 Å². The van der Waals surface area contributed by atoms with Crippen molar-refractivity contribution in [3.63, 3.8) is 0 Å². The second kappa shape index (κ2) is 7.96. The van der Waals surface area contributed by atoms with E-state index in [1.165, 1.54) is 0 Å². The molecule has 0 unspecified atom stereocenters. The van der Waals surface area contributed by atoms with Gasteiger partial charge in [-0.1, -0.05) is 6.92 Å². The Labute approximate surface area is 102 Å². The molecule has 0 saturated carbocycles. The fraction of sp³-hybridized carbons (Fsp3) is 0.364. The molecule has 0 aromatic heterocycles. The van der Waals surface area contributed by atoms with Crippen LogP contribution in [0.3, 0.4) is 0 Å². The first-order chi connectivity index (χ1) is 7.26. The van der Waals surface area contributed by atoms with Crippen molar-refractivity contribution >= 4 is 24.0 Å². The summed E-state index contributed by atoms with van der Waals surface area (Å²) in [7, 11) is 0. The third-order valence-electron chi connectivity index (χ3n) is 1.80. The fourth-order valence-electron chi connectivity index (χ4n) is 1.07. The first-order valence-corrected chi connectivity index (χ1v) is 4.99. The highest BCUT2D eigenvalue weighted by molar-refractivity contribution is 5.92. The van der Waals surface area contributed by atoms with Crippen molar-refractivity contribution < 1.29 is 9.53 Å². The number of hydrogen-bond donors (Lipinski definition) is 2. The number of benzene rings is 1. The molecule has 1 aromatic carbocycles. The Morgan fingerprint density at radius 3 is 2.50 bits per heavy atom. The van der Waals surface area contributed by atoms with E-state index in [9.17, 15) is 4.79 Å². The van der Waals surface area contributed by atoms with Crippen LogP contribution < -0.4 is 15.8 Å². The standard InChI is InChI=1S/C11H16N2O2.ClH/c1-2-7-15-10-5-3-9(4-6-10)13-11(14)8-12;/h3-6H,2,7-8,12H2,1H3,(H,13,14);1H. The van der Waals surface area contributed by atoms with E-state index in [0.29, 0.717) is 6.61 Å². The molecule has 0 aliphatic heterocycles. The Morgan fingerprint density at radius 2 is 2.00 bits per heavy atom. The predicted octanol–water partition coefficient (Wildman–Crippen LogP) is 1.79. The summed E-state index contributed by atoms with van der Waals surface area (Å²) in [5, 5.41) is 2.66. The molecule has 0 radical (unpaired) electrons. The summed E-state index contributed by atoms with van der Waals surface area (Å²) in [6, 6.07) is 7.22. The molecule has 0 bridgehead atoms. The van der Waals surface area contributed by atoms with Gasteiger partial charge in [0.05, 0.1) is 13.2 Å². The second-order valence-electron chi connectivity index (χ2n) is 3.13. The molecule has 1 aromatic rings. The Balaban J connectivity index is 0.00000225. The highest BCUT2D eigenvalue weighted by atomic mass is 35.5. The Kier molecular flexibility index (Phi) is 7.33. The Hall–Kier alpha value is -1.26. The molecule has 16 heavy (non-hydrogen) atoms. The number of carbonyl (C=O) groups is 1. The number of halogens is 1. The summed E-state index contributed by atoms with van der Waals surface area (Å²) in [5.41, 5.74) is 5.91. The summed E-state index contributed by atoms with van der Waals surface area (Å²) >= 11 is 0. The quantitative estimate of drug-likeness (QED) is 0.830. The summed E-state index contributed by atoms with van der Waals surface area (Å²) in [4.78, 5) is 11.0. The fourth-order valence-corrected chi connectivity index (χ4v) is 1.07. The molecule has 4 nitrogen and oxygen atoms in total. The summed E-state index contributed by atoms with van der Waals surface area (Å²) in [6.45, 7) is 2.75. The van der Waals surface area contributed by atoms with Crippen molar-refractivity contribution in [1.82, 2.24) is 0 Å². The maximum Gasteiger partial charge on any atom is 0.238 e. The number of anilines is 1. The van der Waals surface area contributed by atoms with Crippen LogP contribution in [0.15, 0.2) is 24.3 Å². The van der Waals surface area contributed by atoms with Gasteiger partial charge in [-0.15, -0.1) is 12.4 Å². The van der Waals surface area contributed by atoms with Gasteiger partial charge in [-0.05, 0) is 30.7 Å². The number of rotatable bonds is 5. The van der Waals surface area contributed by atoms with Crippen molar-refractivity contribution in [1.29, 1.82) is 0 Å². The summed E-state index contributed by atoms with van der Waals surface area (Å²) in [5.74, 6) is 0.611. The minimum Gasteiger partial charge on any atom is -0.494 e. The van der Waals surface area contributed by atoms with Gasteiger partial charge < -0.3 is 15.8 Å². The summed E-state index contributed by atoms with van der Waals surface area (Å²) in [6.07, 6.45) is 0.978. The van der Waals surface area contributed by atoms with Gasteiger partial charge >= 0.3 is 0 Å². The molecule has 5 heteroatoms. The van der Waals surface area contributed by atoms with Crippen LogP contribution in [0.2, 0.25) is 0 Å². The van der Waals surface area contributed by atoms with Gasteiger partial charge in [0.25, 0.3) is 0 Å². The SMILES string of the molecule is CCCOc1ccc(NC(=O)CN)cc1.Cl. The van der Waals surface area contributed by atoms with E-state index in [4.69, 9.17) is 10.5 Å². The molecule has 0 heterocycles. The Morgan fingerprint density at radius 1 is 1.38 bits per heavy atom. The average molecular weight is 245 g/mol. The van der Waals surface area contributed by atoms with E-state index in [2.05, 4.69) is 12.2 Å². The van der Waals surface area contributed by atoms with Gasteiger partial charge in [0, 0.05) is 5.69 Å². The predicted molar refractivity (Wildman–Crippen MR) is 67.2 cm³/mol. The maximum absolute atomic E-state index is 11.0. The van der Waals surface area contributed by atoms with Crippen LogP contribution in [0.25, 0.3) is 0 Å². The molecule has 1 rings (SSSR count). The van der Waals surface area contributed by atoms with Gasteiger partial charge in [-0.25, -0.2) is 0 Å². The van der Waals surface area contributed by atoms with Crippen molar-refractivity contribution in [2.45, 2.75) is 13.3 Å². The number of carbonyl (C=O) groups excluding carboxylic acids is 1. The molecule has 3 N–H and O–H groups in total. The van der Waals surface area contributed by atoms with E-state index in [-0.39, 0.29) is 24.9 Å². The molecule has 0 fully saturated rings. The van der Waals surface area contributed by atoms with E-state index < -0.39 is 0 Å². The highest BCUT2D eigenvalue weighted by Gasteiger charge is 1.99. The van der Waals surface area contributed by atoms with Crippen molar-refractivity contribution in [3.05, 3.63) is 24.3 Å². The Bertz CT molecular complexity index is 314. The normalized spacial score (nSPS) is 9.12. The monoisotopic (exact) mass is 244 g/mol. The van der Waals surface area contributed by atoms with Gasteiger partial charge in [0.1, 0.15) is 5.75 Å². The molecule has 1 amide bonds. The van der Waals surface area contributed by atoms with Crippen LogP contribution in [0.4, 0.5) is 5.69 Å². The number of hydrogen-bond acceptors (Lipinski definition) is 3. The number of ether oxygens (including phenoxy) is 1. The number of nitrogens with two attached hydrogens (primary N) is 1. The largest absolute Gasteiger partial charge is 0.494 e. The van der Waals surface area contributed by atoms with Gasteiger partial charge in [0.15, 0.2) is 0 Å². The van der Waals surface area contributed by atoms with Crippen LogP contribution >= 0.6 is 12.4 Å². The molecular weight excluding hydrogens is 228 g/mol. The van der Waals surface area contributed by atoms with Crippen LogP contribution in [-0.4, -0.2) is 19.1 Å². The lowest BCUT2D eigenvalue weighted by molar-refractivity contribution is -0.114. The lowest BCUT2D eigenvalue weighted by atomic mass is 10.3. The number of amides is 1. The topological polar surface area (TPSA) is 64.3 Å². The molecule has 0 atom stereocenters. The minimum atomic E-state index is -0.197. The zero-order valence-electron chi connectivity index (χ0n) is 9.23. The average Bonchev–Trinajstić information content (AvgIpc) is 2.28. The molecule has 0 aliphatic rings. The highest BCUT2D eigenvalue weighted by Crippen LogP contribution is 2.15. The molecule has 0 saturated heterocycles. The number of nitrogens with one attached hydrogen (secondary N) is 1. The van der Waals surface area contributed by atoms with Crippen molar-refractivity contribution in [2.24, 2.45) is 5.73 Å². The van der Waals surface area contributed by atoms with Crippen LogP contribution in [0, 0.1) is 0 Å². The first-order valence-electron chi connectivity index (χ1n) is 4.99. The molecule has 0 spiro atoms. The van der Waals surface area contributed by atoms with Crippen LogP contribution in [-0.2, 0) is 4.79 Å². The zero-order valence-corrected chi connectivity index (χ0v) is 10.0. The molecule has 90 valence electrons.